The fraction of sp³-hybridized carbons (Fsp3) is 0.419. The Morgan fingerprint density at radius 1 is 0.615 bits per heavy atom. The number of halogens is 2. The zero-order valence-electron chi connectivity index (χ0n) is 22.8. The summed E-state index contributed by atoms with van der Waals surface area (Å²) in [5.41, 5.74) is 7.04. The van der Waals surface area contributed by atoms with E-state index in [0.717, 1.165) is 86.5 Å². The molecule has 6 nitrogen and oxygen atoms in total. The molecule has 2 saturated heterocycles. The number of aromatic nitrogens is 2. The van der Waals surface area contributed by atoms with Gasteiger partial charge in [-0.15, -0.1) is 0 Å². The van der Waals surface area contributed by atoms with Gasteiger partial charge in [0.25, 0.3) is 0 Å². The monoisotopic (exact) mass is 562 g/mol. The number of piperazine rings is 2. The van der Waals surface area contributed by atoms with Crippen LogP contribution in [0.5, 0.6) is 0 Å². The van der Waals surface area contributed by atoms with Crippen LogP contribution >= 0.6 is 23.2 Å². The molecule has 2 aliphatic heterocycles. The molecule has 8 heteroatoms. The van der Waals surface area contributed by atoms with Gasteiger partial charge in [0.2, 0.25) is 0 Å². The van der Waals surface area contributed by atoms with Crippen LogP contribution in [0.3, 0.4) is 0 Å². The summed E-state index contributed by atoms with van der Waals surface area (Å²) >= 11 is 12.4. The Morgan fingerprint density at radius 3 is 1.44 bits per heavy atom. The van der Waals surface area contributed by atoms with E-state index in [4.69, 9.17) is 23.2 Å². The van der Waals surface area contributed by atoms with Gasteiger partial charge < -0.3 is 9.80 Å². The average Bonchev–Trinajstić information content (AvgIpc) is 2.94. The minimum atomic E-state index is 0.738. The Bertz CT molecular complexity index is 1360. The van der Waals surface area contributed by atoms with Gasteiger partial charge >= 0.3 is 0 Å². The van der Waals surface area contributed by atoms with Crippen LogP contribution in [-0.4, -0.2) is 85.2 Å². The minimum absolute atomic E-state index is 0.738. The molecule has 0 N–H and O–H groups in total. The van der Waals surface area contributed by atoms with Crippen LogP contribution < -0.4 is 9.80 Å². The third-order valence-corrected chi connectivity index (χ3v) is 8.77. The van der Waals surface area contributed by atoms with Crippen LogP contribution in [0, 0.1) is 13.8 Å². The Kier molecular flexibility index (Phi) is 7.81. The third-order valence-electron chi connectivity index (χ3n) is 8.30. The van der Waals surface area contributed by atoms with Crippen LogP contribution in [0.15, 0.2) is 48.8 Å². The van der Waals surface area contributed by atoms with Crippen molar-refractivity contribution in [1.29, 1.82) is 0 Å². The normalized spacial score (nSPS) is 17.4. The molecule has 2 aliphatic rings. The number of aryl methyl sites for hydroxylation is 2. The highest BCUT2D eigenvalue weighted by molar-refractivity contribution is 6.31. The fourth-order valence-electron chi connectivity index (χ4n) is 6.25. The first kappa shape index (κ1) is 26.6. The molecule has 0 bridgehead atoms. The van der Waals surface area contributed by atoms with Crippen molar-refractivity contribution in [2.45, 2.75) is 20.3 Å². The zero-order chi connectivity index (χ0) is 26.9. The lowest BCUT2D eigenvalue weighted by molar-refractivity contribution is 0.213. The molecule has 0 aliphatic carbocycles. The third kappa shape index (κ3) is 5.66. The van der Waals surface area contributed by atoms with Crippen molar-refractivity contribution in [2.24, 2.45) is 0 Å². The summed E-state index contributed by atoms with van der Waals surface area (Å²) < 4.78 is 0. The summed E-state index contributed by atoms with van der Waals surface area (Å²) in [6.07, 6.45) is 5.17. The summed E-state index contributed by atoms with van der Waals surface area (Å²) in [5, 5.41) is 3.88. The Morgan fingerprint density at radius 2 is 1.03 bits per heavy atom. The molecular weight excluding hydrogens is 527 g/mol. The van der Waals surface area contributed by atoms with E-state index < -0.39 is 0 Å². The molecular formula is C31H36Cl2N6. The molecule has 2 aromatic carbocycles. The second-order valence-electron chi connectivity index (χ2n) is 10.9. The molecule has 0 spiro atoms. The lowest BCUT2D eigenvalue weighted by atomic mass is 10.1. The minimum Gasteiger partial charge on any atom is -0.368 e. The Labute approximate surface area is 241 Å². The maximum atomic E-state index is 6.22. The number of pyridine rings is 2. The summed E-state index contributed by atoms with van der Waals surface area (Å²) in [4.78, 5) is 19.5. The molecule has 4 heterocycles. The summed E-state index contributed by atoms with van der Waals surface area (Å²) in [6, 6.07) is 12.1. The topological polar surface area (TPSA) is 38.7 Å². The number of nitrogens with zero attached hydrogens (tertiary/aromatic N) is 6. The molecule has 6 rings (SSSR count). The van der Waals surface area contributed by atoms with E-state index in [0.29, 0.717) is 0 Å². The molecule has 2 aromatic heterocycles. The van der Waals surface area contributed by atoms with Crippen molar-refractivity contribution < 1.29 is 0 Å². The number of hydrogen-bond donors (Lipinski definition) is 0. The van der Waals surface area contributed by atoms with Crippen molar-refractivity contribution >= 4 is 56.4 Å². The van der Waals surface area contributed by atoms with E-state index in [2.05, 4.69) is 55.5 Å². The van der Waals surface area contributed by atoms with Crippen molar-refractivity contribution in [3.8, 4) is 0 Å². The van der Waals surface area contributed by atoms with Gasteiger partial charge in [0, 0.05) is 85.6 Å². The van der Waals surface area contributed by atoms with Gasteiger partial charge in [0.05, 0.1) is 22.4 Å². The molecule has 4 aromatic rings. The van der Waals surface area contributed by atoms with Gasteiger partial charge in [-0.1, -0.05) is 23.2 Å². The number of fused-ring (bicyclic) bond motifs is 2. The standard InChI is InChI=1S/C31H36Cl2N6/c1-22-20-34-28-18-24(32)4-6-26(28)30(22)38-14-10-36(11-15-38)8-3-9-37-12-16-39(17-13-37)31-23(2)21-35-29-19-25(33)5-7-27(29)31/h4-7,18-21H,3,8-17H2,1-2H3. The van der Waals surface area contributed by atoms with E-state index in [1.165, 1.54) is 39.7 Å². The molecule has 0 radical (unpaired) electrons. The van der Waals surface area contributed by atoms with Crippen LogP contribution in [0.25, 0.3) is 21.8 Å². The Balaban J connectivity index is 0.990. The molecule has 0 unspecified atom stereocenters. The van der Waals surface area contributed by atoms with Crippen LogP contribution in [0.1, 0.15) is 17.5 Å². The molecule has 0 amide bonds. The highest BCUT2D eigenvalue weighted by atomic mass is 35.5. The van der Waals surface area contributed by atoms with Gasteiger partial charge in [-0.05, 0) is 80.9 Å². The number of hydrogen-bond acceptors (Lipinski definition) is 6. The quantitative estimate of drug-likeness (QED) is 0.285. The van der Waals surface area contributed by atoms with E-state index >= 15 is 0 Å². The molecule has 0 atom stereocenters. The highest BCUT2D eigenvalue weighted by Crippen LogP contribution is 2.33. The molecule has 0 saturated carbocycles. The summed E-state index contributed by atoms with van der Waals surface area (Å²) in [7, 11) is 0. The maximum absolute atomic E-state index is 6.22. The average molecular weight is 564 g/mol. The fourth-order valence-corrected chi connectivity index (χ4v) is 6.58. The first-order chi connectivity index (χ1) is 19.0. The SMILES string of the molecule is Cc1cnc2cc(Cl)ccc2c1N1CCN(CCCN2CCN(c3c(C)cnc4cc(Cl)ccc34)CC2)CC1. The second kappa shape index (κ2) is 11.5. The van der Waals surface area contributed by atoms with E-state index in [-0.39, 0.29) is 0 Å². The first-order valence-electron chi connectivity index (χ1n) is 14.0. The summed E-state index contributed by atoms with van der Waals surface area (Å²) in [6.45, 7) is 15.2. The molecule has 2 fully saturated rings. The van der Waals surface area contributed by atoms with Gasteiger partial charge in [-0.3, -0.25) is 19.8 Å². The Hall–Kier alpha value is -2.64. The van der Waals surface area contributed by atoms with Crippen molar-refractivity contribution in [1.82, 2.24) is 19.8 Å². The second-order valence-corrected chi connectivity index (χ2v) is 11.8. The zero-order valence-corrected chi connectivity index (χ0v) is 24.3. The van der Waals surface area contributed by atoms with Gasteiger partial charge in [0.1, 0.15) is 0 Å². The predicted octanol–water partition coefficient (Wildman–Crippen LogP) is 6.04. The predicted molar refractivity (Wildman–Crippen MR) is 165 cm³/mol. The van der Waals surface area contributed by atoms with Crippen molar-refractivity contribution in [3.05, 3.63) is 70.0 Å². The largest absolute Gasteiger partial charge is 0.368 e. The van der Waals surface area contributed by atoms with Gasteiger partial charge in [-0.25, -0.2) is 0 Å². The smallest absolute Gasteiger partial charge is 0.0737 e. The lowest BCUT2D eigenvalue weighted by Crippen LogP contribution is -2.49. The van der Waals surface area contributed by atoms with Crippen LogP contribution in [0.2, 0.25) is 10.0 Å². The highest BCUT2D eigenvalue weighted by Gasteiger charge is 2.23. The molecule has 204 valence electrons. The lowest BCUT2D eigenvalue weighted by Gasteiger charge is -2.39. The number of benzene rings is 2. The molecule has 39 heavy (non-hydrogen) atoms. The van der Waals surface area contributed by atoms with Crippen LogP contribution in [-0.2, 0) is 0 Å². The summed E-state index contributed by atoms with van der Waals surface area (Å²) in [5.74, 6) is 0. The van der Waals surface area contributed by atoms with Gasteiger partial charge in [-0.2, -0.15) is 0 Å². The number of anilines is 2. The van der Waals surface area contributed by atoms with Gasteiger partial charge in [0.15, 0.2) is 0 Å². The van der Waals surface area contributed by atoms with E-state index in [1.807, 2.05) is 36.7 Å². The maximum Gasteiger partial charge on any atom is 0.0737 e. The first-order valence-corrected chi connectivity index (χ1v) is 14.8. The van der Waals surface area contributed by atoms with Crippen LogP contribution in [0.4, 0.5) is 11.4 Å². The van der Waals surface area contributed by atoms with E-state index in [1.54, 1.807) is 0 Å². The van der Waals surface area contributed by atoms with Crippen molar-refractivity contribution in [3.63, 3.8) is 0 Å². The van der Waals surface area contributed by atoms with E-state index in [9.17, 15) is 0 Å². The number of rotatable bonds is 6. The van der Waals surface area contributed by atoms with Crippen molar-refractivity contribution in [2.75, 3.05) is 75.2 Å².